The molecule has 8 heteroatoms. The van der Waals surface area contributed by atoms with Crippen molar-refractivity contribution in [2.45, 2.75) is 82.6 Å². The Bertz CT molecular complexity index is 686. The summed E-state index contributed by atoms with van der Waals surface area (Å²) in [6.45, 7) is 3.44. The van der Waals surface area contributed by atoms with E-state index >= 15 is 0 Å². The summed E-state index contributed by atoms with van der Waals surface area (Å²) >= 11 is 1.21. The molecule has 4 N–H and O–H groups in total. The van der Waals surface area contributed by atoms with Crippen LogP contribution in [-0.2, 0) is 14.4 Å². The number of aliphatic carboxylic acids is 2. The number of carbonyl (C=O) groups is 3. The van der Waals surface area contributed by atoms with Crippen LogP contribution in [0.1, 0.15) is 65.2 Å². The highest BCUT2D eigenvalue weighted by Gasteiger charge is 2.23. The maximum Gasteiger partial charge on any atom is 0.327 e. The number of amides is 1. The molecule has 0 rings (SSSR count). The lowest BCUT2D eigenvalue weighted by molar-refractivity contribution is -0.140. The number of thioether (sulfide) groups is 1. The predicted octanol–water partition coefficient (Wildman–Crippen LogP) is 4.49. The molecule has 0 aliphatic heterocycles. The van der Waals surface area contributed by atoms with Gasteiger partial charge in [0.05, 0.1) is 6.10 Å². The SMILES string of the molecule is CCCCC/C=C\C/C=C/C=C/C=C/[C@@H](SC[C@H](NC(C)=O)C(=O)O)[C@@H](O)CCCC(=O)O. The molecule has 0 aliphatic rings. The van der Waals surface area contributed by atoms with Gasteiger partial charge in [0.2, 0.25) is 5.91 Å². The molecular weight excluding hydrogens is 442 g/mol. The summed E-state index contributed by atoms with van der Waals surface area (Å²) in [7, 11) is 0. The smallest absolute Gasteiger partial charge is 0.327 e. The molecule has 0 aromatic rings. The molecule has 0 spiro atoms. The van der Waals surface area contributed by atoms with Crippen molar-refractivity contribution in [2.75, 3.05) is 5.75 Å². The summed E-state index contributed by atoms with van der Waals surface area (Å²) in [4.78, 5) is 33.3. The van der Waals surface area contributed by atoms with Gasteiger partial charge in [-0.1, -0.05) is 68.4 Å². The van der Waals surface area contributed by atoms with Gasteiger partial charge in [-0.2, -0.15) is 0 Å². The molecule has 0 fully saturated rings. The van der Waals surface area contributed by atoms with E-state index in [0.717, 1.165) is 12.8 Å². The molecule has 33 heavy (non-hydrogen) atoms. The molecule has 7 nitrogen and oxygen atoms in total. The average molecular weight is 482 g/mol. The van der Waals surface area contributed by atoms with Crippen molar-refractivity contribution in [1.29, 1.82) is 0 Å². The fourth-order valence-corrected chi connectivity index (χ4v) is 4.01. The van der Waals surface area contributed by atoms with E-state index in [2.05, 4.69) is 24.4 Å². The van der Waals surface area contributed by atoms with Crippen LogP contribution in [0.4, 0.5) is 0 Å². The van der Waals surface area contributed by atoms with Gasteiger partial charge in [-0.15, -0.1) is 11.8 Å². The van der Waals surface area contributed by atoms with Crippen LogP contribution in [0.3, 0.4) is 0 Å². The van der Waals surface area contributed by atoms with Crippen LogP contribution in [0.25, 0.3) is 0 Å². The van der Waals surface area contributed by atoms with Crippen molar-refractivity contribution < 1.29 is 29.7 Å². The number of allylic oxidation sites excluding steroid dienone is 7. The third-order valence-electron chi connectivity index (χ3n) is 4.58. The van der Waals surface area contributed by atoms with E-state index in [4.69, 9.17) is 5.11 Å². The Labute approximate surface area is 201 Å². The van der Waals surface area contributed by atoms with E-state index in [-0.39, 0.29) is 18.6 Å². The number of aliphatic hydroxyl groups is 1. The van der Waals surface area contributed by atoms with Crippen LogP contribution in [0, 0.1) is 0 Å². The molecule has 0 aromatic heterocycles. The van der Waals surface area contributed by atoms with Crippen LogP contribution in [-0.4, -0.2) is 56.3 Å². The number of rotatable bonds is 19. The van der Waals surface area contributed by atoms with E-state index in [1.165, 1.54) is 37.9 Å². The first-order chi connectivity index (χ1) is 15.8. The normalized spacial score (nSPS) is 14.9. The molecule has 0 unspecified atom stereocenters. The minimum absolute atomic E-state index is 0.0421. The third kappa shape index (κ3) is 18.9. The summed E-state index contributed by atoms with van der Waals surface area (Å²) in [6.07, 6.45) is 20.9. The van der Waals surface area contributed by atoms with E-state index in [0.29, 0.717) is 6.42 Å². The van der Waals surface area contributed by atoms with Gasteiger partial charge in [-0.3, -0.25) is 9.59 Å². The quantitative estimate of drug-likeness (QED) is 0.122. The zero-order chi connectivity index (χ0) is 24.9. The summed E-state index contributed by atoms with van der Waals surface area (Å²) in [5, 5.41) is 30.5. The van der Waals surface area contributed by atoms with Gasteiger partial charge in [0.25, 0.3) is 0 Å². The lowest BCUT2D eigenvalue weighted by atomic mass is 10.1. The number of carboxylic acids is 2. The third-order valence-corrected chi connectivity index (χ3v) is 5.97. The Kier molecular flexibility index (Phi) is 18.9. The second kappa shape index (κ2) is 20.3. The maximum atomic E-state index is 11.3. The number of carbonyl (C=O) groups excluding carboxylic acids is 1. The van der Waals surface area contributed by atoms with E-state index in [9.17, 15) is 24.6 Å². The van der Waals surface area contributed by atoms with Gasteiger partial charge in [-0.05, 0) is 32.1 Å². The molecule has 0 radical (unpaired) electrons. The molecule has 1 amide bonds. The first-order valence-electron chi connectivity index (χ1n) is 11.4. The van der Waals surface area contributed by atoms with Gasteiger partial charge in [0.15, 0.2) is 0 Å². The fourth-order valence-electron chi connectivity index (χ4n) is 2.81. The summed E-state index contributed by atoms with van der Waals surface area (Å²) in [5.41, 5.74) is 0. The Morgan fingerprint density at radius 1 is 0.970 bits per heavy atom. The standard InChI is InChI=1S/C25H39NO6S/c1-3-4-5-6-7-8-9-10-11-12-13-14-17-23(22(28)16-15-18-24(29)30)33-19-21(25(31)32)26-20(2)27/h7-8,10-14,17,21-23,28H,3-6,9,15-16,18-19H2,1-2H3,(H,26,27)(H,29,30)(H,31,32)/b8-7-,11-10+,13-12+,17-14+/t21-,22-,23+/m0/s1. The predicted molar refractivity (Wildman–Crippen MR) is 134 cm³/mol. The number of hydrogen-bond donors (Lipinski definition) is 4. The molecule has 0 heterocycles. The molecule has 0 aliphatic carbocycles. The highest BCUT2D eigenvalue weighted by Crippen LogP contribution is 2.21. The Morgan fingerprint density at radius 3 is 2.33 bits per heavy atom. The second-order valence-corrected chi connectivity index (χ2v) is 8.85. The maximum absolute atomic E-state index is 11.3. The van der Waals surface area contributed by atoms with Crippen LogP contribution in [0.5, 0.6) is 0 Å². The topological polar surface area (TPSA) is 124 Å². The van der Waals surface area contributed by atoms with E-state index in [1.54, 1.807) is 12.2 Å². The van der Waals surface area contributed by atoms with Gasteiger partial charge >= 0.3 is 11.9 Å². The van der Waals surface area contributed by atoms with Crippen molar-refractivity contribution in [3.63, 3.8) is 0 Å². The van der Waals surface area contributed by atoms with Gasteiger partial charge < -0.3 is 20.6 Å². The minimum Gasteiger partial charge on any atom is -0.481 e. The van der Waals surface area contributed by atoms with Gasteiger partial charge in [0, 0.05) is 24.3 Å². The Morgan fingerprint density at radius 2 is 1.70 bits per heavy atom. The summed E-state index contributed by atoms with van der Waals surface area (Å²) in [6, 6.07) is -1.07. The largest absolute Gasteiger partial charge is 0.481 e. The highest BCUT2D eigenvalue weighted by atomic mass is 32.2. The molecule has 0 saturated heterocycles. The van der Waals surface area contributed by atoms with Crippen molar-refractivity contribution in [3.8, 4) is 0 Å². The number of carboxylic acid groups (broad SMARTS) is 2. The van der Waals surface area contributed by atoms with Crippen LogP contribution in [0.2, 0.25) is 0 Å². The Balaban J connectivity index is 4.78. The van der Waals surface area contributed by atoms with E-state index in [1.807, 2.05) is 24.3 Å². The fraction of sp³-hybridized carbons (Fsp3) is 0.560. The number of hydrogen-bond acceptors (Lipinski definition) is 5. The summed E-state index contributed by atoms with van der Waals surface area (Å²) in [5.74, 6) is -2.44. The average Bonchev–Trinajstić information content (AvgIpc) is 2.74. The van der Waals surface area contributed by atoms with Crippen LogP contribution < -0.4 is 5.32 Å². The number of unbranched alkanes of at least 4 members (excludes halogenated alkanes) is 3. The zero-order valence-corrected chi connectivity index (χ0v) is 20.5. The Hall–Kier alpha value is -2.32. The second-order valence-electron chi connectivity index (χ2n) is 7.64. The monoisotopic (exact) mass is 481 g/mol. The van der Waals surface area contributed by atoms with Crippen molar-refractivity contribution >= 4 is 29.6 Å². The van der Waals surface area contributed by atoms with Crippen molar-refractivity contribution in [1.82, 2.24) is 5.32 Å². The first kappa shape index (κ1) is 30.7. The number of aliphatic hydroxyl groups excluding tert-OH is 1. The zero-order valence-electron chi connectivity index (χ0n) is 19.7. The lowest BCUT2D eigenvalue weighted by Gasteiger charge is -2.21. The molecule has 0 aromatic carbocycles. The molecule has 3 atom stereocenters. The first-order valence-corrected chi connectivity index (χ1v) is 12.5. The van der Waals surface area contributed by atoms with E-state index < -0.39 is 35.2 Å². The van der Waals surface area contributed by atoms with Gasteiger partial charge in [-0.25, -0.2) is 4.79 Å². The van der Waals surface area contributed by atoms with Crippen LogP contribution >= 0.6 is 11.8 Å². The lowest BCUT2D eigenvalue weighted by Crippen LogP contribution is -2.42. The molecule has 0 saturated carbocycles. The molecule has 186 valence electrons. The van der Waals surface area contributed by atoms with Gasteiger partial charge in [0.1, 0.15) is 6.04 Å². The number of nitrogens with one attached hydrogen (secondary N) is 1. The minimum atomic E-state index is -1.15. The van der Waals surface area contributed by atoms with Crippen LogP contribution in [0.15, 0.2) is 48.6 Å². The highest BCUT2D eigenvalue weighted by molar-refractivity contribution is 8.00. The molecular formula is C25H39NO6S. The van der Waals surface area contributed by atoms with Crippen molar-refractivity contribution in [2.24, 2.45) is 0 Å². The van der Waals surface area contributed by atoms with Crippen molar-refractivity contribution in [3.05, 3.63) is 48.6 Å². The molecule has 0 bridgehead atoms. The summed E-state index contributed by atoms with van der Waals surface area (Å²) < 4.78 is 0.